The van der Waals surface area contributed by atoms with Gasteiger partial charge in [-0.1, -0.05) is 13.8 Å². The monoisotopic (exact) mass is 256 g/mol. The molecule has 1 atom stereocenters. The third-order valence-electron chi connectivity index (χ3n) is 3.05. The predicted molar refractivity (Wildman–Crippen MR) is 69.6 cm³/mol. The van der Waals surface area contributed by atoms with Crippen LogP contribution in [0.25, 0.3) is 0 Å². The Kier molecular flexibility index (Phi) is 5.55. The highest BCUT2D eigenvalue weighted by Gasteiger charge is 2.26. The van der Waals surface area contributed by atoms with Crippen molar-refractivity contribution in [1.29, 1.82) is 0 Å². The minimum Gasteiger partial charge on any atom is -0.370 e. The van der Waals surface area contributed by atoms with Crippen molar-refractivity contribution in [2.75, 3.05) is 32.7 Å². The van der Waals surface area contributed by atoms with Crippen LogP contribution in [0.5, 0.6) is 0 Å². The molecule has 1 aliphatic heterocycles. The molecular weight excluding hydrogens is 232 g/mol. The van der Waals surface area contributed by atoms with Crippen LogP contribution >= 0.6 is 0 Å². The van der Waals surface area contributed by atoms with Crippen molar-refractivity contribution in [2.45, 2.75) is 26.3 Å². The number of carbonyl (C=O) groups is 2. The lowest BCUT2D eigenvalue weighted by Gasteiger charge is -2.36. The van der Waals surface area contributed by atoms with Gasteiger partial charge in [-0.05, 0) is 5.92 Å². The summed E-state index contributed by atoms with van der Waals surface area (Å²) in [5.41, 5.74) is 10.7. The van der Waals surface area contributed by atoms with Crippen LogP contribution in [0.4, 0.5) is 0 Å². The smallest absolute Gasteiger partial charge is 0.240 e. The van der Waals surface area contributed by atoms with Crippen LogP contribution < -0.4 is 11.5 Å². The molecular formula is C12H24N4O2. The quantitative estimate of drug-likeness (QED) is 0.659. The molecule has 18 heavy (non-hydrogen) atoms. The Hall–Kier alpha value is -1.14. The molecule has 6 heteroatoms. The summed E-state index contributed by atoms with van der Waals surface area (Å²) < 4.78 is 0. The Morgan fingerprint density at radius 3 is 2.17 bits per heavy atom. The Morgan fingerprint density at radius 1 is 1.17 bits per heavy atom. The van der Waals surface area contributed by atoms with E-state index in [1.807, 2.05) is 0 Å². The molecule has 0 bridgehead atoms. The summed E-state index contributed by atoms with van der Waals surface area (Å²) in [6.45, 7) is 8.51. The van der Waals surface area contributed by atoms with E-state index in [2.05, 4.69) is 18.7 Å². The lowest BCUT2D eigenvalue weighted by Crippen LogP contribution is -2.54. The van der Waals surface area contributed by atoms with Gasteiger partial charge in [0.2, 0.25) is 11.8 Å². The van der Waals surface area contributed by atoms with E-state index < -0.39 is 11.9 Å². The molecule has 6 nitrogen and oxygen atoms in total. The maximum atomic E-state index is 11.9. The minimum absolute atomic E-state index is 0.0783. The molecule has 4 N–H and O–H groups in total. The second-order valence-corrected chi connectivity index (χ2v) is 5.30. The van der Waals surface area contributed by atoms with Gasteiger partial charge in [0.1, 0.15) is 0 Å². The van der Waals surface area contributed by atoms with E-state index in [0.717, 1.165) is 19.6 Å². The largest absolute Gasteiger partial charge is 0.370 e. The highest BCUT2D eigenvalue weighted by atomic mass is 16.2. The van der Waals surface area contributed by atoms with Gasteiger partial charge in [-0.3, -0.25) is 14.5 Å². The van der Waals surface area contributed by atoms with E-state index in [0.29, 0.717) is 19.0 Å². The average molecular weight is 256 g/mol. The molecule has 0 aromatic rings. The molecule has 0 aromatic carbocycles. The van der Waals surface area contributed by atoms with Crippen LogP contribution in [0.1, 0.15) is 20.3 Å². The number of hydrogen-bond acceptors (Lipinski definition) is 4. The molecule has 1 heterocycles. The van der Waals surface area contributed by atoms with Crippen molar-refractivity contribution < 1.29 is 9.59 Å². The number of hydrogen-bond donors (Lipinski definition) is 2. The fourth-order valence-corrected chi connectivity index (χ4v) is 2.21. The topological polar surface area (TPSA) is 92.7 Å². The molecule has 1 rings (SSSR count). The van der Waals surface area contributed by atoms with E-state index in [9.17, 15) is 9.59 Å². The molecule has 0 aliphatic carbocycles. The van der Waals surface area contributed by atoms with Gasteiger partial charge in [0.25, 0.3) is 0 Å². The molecule has 0 spiro atoms. The molecule has 0 saturated carbocycles. The first-order valence-corrected chi connectivity index (χ1v) is 6.45. The number of nitrogens with two attached hydrogens (primary N) is 2. The number of amides is 2. The minimum atomic E-state index is -0.792. The first-order chi connectivity index (χ1) is 8.40. The van der Waals surface area contributed by atoms with E-state index in [-0.39, 0.29) is 12.3 Å². The van der Waals surface area contributed by atoms with Crippen molar-refractivity contribution in [3.05, 3.63) is 0 Å². The van der Waals surface area contributed by atoms with Crippen LogP contribution in [-0.4, -0.2) is 60.4 Å². The predicted octanol–water partition coefficient (Wildman–Crippen LogP) is -1.01. The normalized spacial score (nSPS) is 19.0. The molecule has 1 fully saturated rings. The van der Waals surface area contributed by atoms with Crippen molar-refractivity contribution in [1.82, 2.24) is 9.80 Å². The number of primary amides is 1. The second kappa shape index (κ2) is 6.70. The fraction of sp³-hybridized carbons (Fsp3) is 0.833. The van der Waals surface area contributed by atoms with Gasteiger partial charge < -0.3 is 16.4 Å². The third kappa shape index (κ3) is 4.62. The maximum absolute atomic E-state index is 11.9. The Balaban J connectivity index is 2.38. The van der Waals surface area contributed by atoms with Crippen molar-refractivity contribution >= 4 is 11.8 Å². The summed E-state index contributed by atoms with van der Waals surface area (Å²) in [5, 5.41) is 0. The van der Waals surface area contributed by atoms with Crippen molar-refractivity contribution in [3.63, 3.8) is 0 Å². The molecule has 2 amide bonds. The van der Waals surface area contributed by atoms with Gasteiger partial charge in [-0.2, -0.15) is 0 Å². The lowest BCUT2D eigenvalue weighted by molar-refractivity contribution is -0.136. The van der Waals surface area contributed by atoms with Crippen molar-refractivity contribution in [2.24, 2.45) is 17.4 Å². The molecule has 1 aliphatic rings. The first kappa shape index (κ1) is 14.9. The Labute approximate surface area is 108 Å². The van der Waals surface area contributed by atoms with Gasteiger partial charge in [0.15, 0.2) is 0 Å². The second-order valence-electron chi connectivity index (χ2n) is 5.30. The Morgan fingerprint density at radius 2 is 1.72 bits per heavy atom. The average Bonchev–Trinajstić information content (AvgIpc) is 2.27. The Bertz CT molecular complexity index is 298. The summed E-state index contributed by atoms with van der Waals surface area (Å²) in [6.07, 6.45) is -0.0783. The standard InChI is InChI=1S/C12H24N4O2/c1-9(2)8-15-3-5-16(6-4-15)12(18)10(13)7-11(14)17/h9-10H,3-8,13H2,1-2H3,(H2,14,17). The summed E-state index contributed by atoms with van der Waals surface area (Å²) in [6, 6.07) is -0.792. The van der Waals surface area contributed by atoms with E-state index in [1.54, 1.807) is 4.90 Å². The van der Waals surface area contributed by atoms with Gasteiger partial charge >= 0.3 is 0 Å². The highest BCUT2D eigenvalue weighted by Crippen LogP contribution is 2.07. The lowest BCUT2D eigenvalue weighted by atomic mass is 10.1. The number of carbonyl (C=O) groups excluding carboxylic acids is 2. The number of rotatable bonds is 5. The van der Waals surface area contributed by atoms with E-state index in [4.69, 9.17) is 11.5 Å². The van der Waals surface area contributed by atoms with Gasteiger partial charge in [-0.25, -0.2) is 0 Å². The molecule has 1 unspecified atom stereocenters. The zero-order valence-corrected chi connectivity index (χ0v) is 11.3. The van der Waals surface area contributed by atoms with Crippen LogP contribution in [0, 0.1) is 5.92 Å². The van der Waals surface area contributed by atoms with Gasteiger partial charge in [0.05, 0.1) is 12.5 Å². The highest BCUT2D eigenvalue weighted by molar-refractivity contribution is 5.87. The molecule has 0 aromatic heterocycles. The summed E-state index contributed by atoms with van der Waals surface area (Å²) in [5.74, 6) is -0.0725. The summed E-state index contributed by atoms with van der Waals surface area (Å²) >= 11 is 0. The zero-order valence-electron chi connectivity index (χ0n) is 11.3. The van der Waals surface area contributed by atoms with E-state index in [1.165, 1.54) is 0 Å². The molecule has 104 valence electrons. The number of nitrogens with zero attached hydrogens (tertiary/aromatic N) is 2. The van der Waals surface area contributed by atoms with Gasteiger partial charge in [-0.15, -0.1) is 0 Å². The van der Waals surface area contributed by atoms with Crippen LogP contribution in [0.3, 0.4) is 0 Å². The summed E-state index contributed by atoms with van der Waals surface area (Å²) in [7, 11) is 0. The van der Waals surface area contributed by atoms with Gasteiger partial charge in [0, 0.05) is 32.7 Å². The molecule has 0 radical (unpaired) electrons. The van der Waals surface area contributed by atoms with Crippen LogP contribution in [0.2, 0.25) is 0 Å². The van der Waals surface area contributed by atoms with Crippen molar-refractivity contribution in [3.8, 4) is 0 Å². The first-order valence-electron chi connectivity index (χ1n) is 6.45. The SMILES string of the molecule is CC(C)CN1CCN(C(=O)C(N)CC(N)=O)CC1. The van der Waals surface area contributed by atoms with Crippen LogP contribution in [-0.2, 0) is 9.59 Å². The van der Waals surface area contributed by atoms with E-state index >= 15 is 0 Å². The molecule has 1 saturated heterocycles. The summed E-state index contributed by atoms with van der Waals surface area (Å²) in [4.78, 5) is 26.7. The fourth-order valence-electron chi connectivity index (χ4n) is 2.21. The third-order valence-corrected chi connectivity index (χ3v) is 3.05. The number of piperazine rings is 1. The maximum Gasteiger partial charge on any atom is 0.240 e. The van der Waals surface area contributed by atoms with Crippen LogP contribution in [0.15, 0.2) is 0 Å². The zero-order chi connectivity index (χ0) is 13.7.